The van der Waals surface area contributed by atoms with Crippen LogP contribution in [0.4, 0.5) is 0 Å². The van der Waals surface area contributed by atoms with Crippen molar-refractivity contribution in [2.24, 2.45) is 5.92 Å². The molecule has 1 aromatic heterocycles. The van der Waals surface area contributed by atoms with Crippen molar-refractivity contribution in [3.63, 3.8) is 0 Å². The highest BCUT2D eigenvalue weighted by atomic mass is 16.5. The average molecular weight is 419 g/mol. The lowest BCUT2D eigenvalue weighted by molar-refractivity contribution is -0.134. The first kappa shape index (κ1) is 20.8. The first-order valence-electron chi connectivity index (χ1n) is 10.4. The quantitative estimate of drug-likeness (QED) is 0.488. The minimum absolute atomic E-state index is 0.127. The number of hydrogen-bond acceptors (Lipinski definition) is 5. The van der Waals surface area contributed by atoms with Crippen molar-refractivity contribution in [2.45, 2.75) is 26.4 Å². The maximum atomic E-state index is 12.8. The summed E-state index contributed by atoms with van der Waals surface area (Å²) < 4.78 is 5.97. The molecule has 7 nitrogen and oxygen atoms in total. The van der Waals surface area contributed by atoms with E-state index >= 15 is 0 Å². The first-order valence-corrected chi connectivity index (χ1v) is 10.4. The Morgan fingerprint density at radius 1 is 1.19 bits per heavy atom. The number of amides is 2. The minimum Gasteiger partial charge on any atom is -0.489 e. The van der Waals surface area contributed by atoms with Crippen molar-refractivity contribution >= 4 is 22.7 Å². The average Bonchev–Trinajstić information content (AvgIpc) is 2.81. The molecule has 2 N–H and O–H groups in total. The molecule has 31 heavy (non-hydrogen) atoms. The molecule has 0 spiro atoms. The summed E-state index contributed by atoms with van der Waals surface area (Å²) in [4.78, 5) is 30.7. The van der Waals surface area contributed by atoms with E-state index in [0.717, 1.165) is 28.6 Å². The zero-order valence-corrected chi connectivity index (χ0v) is 17.4. The Hall–Kier alpha value is -3.45. The molecule has 0 radical (unpaired) electrons. The van der Waals surface area contributed by atoms with Gasteiger partial charge >= 0.3 is 0 Å². The molecule has 2 heterocycles. The second-order valence-electron chi connectivity index (χ2n) is 7.82. The molecule has 160 valence electrons. The molecule has 7 heteroatoms. The van der Waals surface area contributed by atoms with Gasteiger partial charge in [-0.05, 0) is 56.2 Å². The fraction of sp³-hybridized carbons (Fsp3) is 0.292. The van der Waals surface area contributed by atoms with Gasteiger partial charge in [-0.2, -0.15) is 0 Å². The van der Waals surface area contributed by atoms with Crippen molar-refractivity contribution in [3.05, 3.63) is 71.4 Å². The number of rotatable bonds is 5. The van der Waals surface area contributed by atoms with E-state index < -0.39 is 5.91 Å². The number of fused-ring (bicyclic) bond motifs is 1. The van der Waals surface area contributed by atoms with Crippen molar-refractivity contribution in [1.29, 1.82) is 0 Å². The summed E-state index contributed by atoms with van der Waals surface area (Å²) in [6.45, 7) is 3.27. The number of nitrogens with one attached hydrogen (secondary N) is 1. The SMILES string of the molecule is Cc1cc(COc2ccc(C(=O)N3CCCC(C(=O)NO)C3)cc2)c2ccccc2n1. The topological polar surface area (TPSA) is 91.8 Å². The highest BCUT2D eigenvalue weighted by molar-refractivity contribution is 5.94. The fourth-order valence-electron chi connectivity index (χ4n) is 4.02. The third-order valence-corrected chi connectivity index (χ3v) is 5.62. The fourth-order valence-corrected chi connectivity index (χ4v) is 4.02. The van der Waals surface area contributed by atoms with Gasteiger partial charge in [0.05, 0.1) is 11.4 Å². The normalized spacial score (nSPS) is 16.2. The molecular weight excluding hydrogens is 394 g/mol. The molecule has 1 atom stereocenters. The van der Waals surface area contributed by atoms with Crippen LogP contribution in [-0.4, -0.2) is 40.0 Å². The number of aryl methyl sites for hydroxylation is 1. The highest BCUT2D eigenvalue weighted by Gasteiger charge is 2.28. The van der Waals surface area contributed by atoms with Gasteiger partial charge in [0.1, 0.15) is 12.4 Å². The minimum atomic E-state index is -0.444. The number of pyridine rings is 1. The lowest BCUT2D eigenvalue weighted by atomic mass is 9.97. The molecule has 1 aliphatic rings. The maximum Gasteiger partial charge on any atom is 0.253 e. The van der Waals surface area contributed by atoms with Gasteiger partial charge in [0.2, 0.25) is 5.91 Å². The number of para-hydroxylation sites is 1. The Labute approximate surface area is 180 Å². The van der Waals surface area contributed by atoms with Crippen LogP contribution in [-0.2, 0) is 11.4 Å². The third kappa shape index (κ3) is 4.67. The van der Waals surface area contributed by atoms with Gasteiger partial charge in [-0.3, -0.25) is 19.8 Å². The molecule has 2 aromatic carbocycles. The predicted octanol–water partition coefficient (Wildman–Crippen LogP) is 3.48. The van der Waals surface area contributed by atoms with E-state index in [0.29, 0.717) is 37.4 Å². The Morgan fingerprint density at radius 3 is 2.74 bits per heavy atom. The van der Waals surface area contributed by atoms with Gasteiger partial charge < -0.3 is 9.64 Å². The summed E-state index contributed by atoms with van der Waals surface area (Å²) in [5.41, 5.74) is 5.17. The third-order valence-electron chi connectivity index (χ3n) is 5.62. The van der Waals surface area contributed by atoms with Gasteiger partial charge in [0.15, 0.2) is 0 Å². The van der Waals surface area contributed by atoms with E-state index in [4.69, 9.17) is 9.94 Å². The van der Waals surface area contributed by atoms with E-state index in [-0.39, 0.29) is 11.8 Å². The van der Waals surface area contributed by atoms with E-state index in [1.54, 1.807) is 34.6 Å². The first-order chi connectivity index (χ1) is 15.0. The number of hydroxylamine groups is 1. The number of piperidine rings is 1. The Kier molecular flexibility index (Phi) is 6.13. The van der Waals surface area contributed by atoms with Gasteiger partial charge in [0.25, 0.3) is 5.91 Å². The van der Waals surface area contributed by atoms with Crippen LogP contribution in [0.1, 0.15) is 34.5 Å². The van der Waals surface area contributed by atoms with Crippen molar-refractivity contribution in [3.8, 4) is 5.75 Å². The standard InChI is InChI=1S/C24H25N3O4/c1-16-13-19(21-6-2-3-7-22(21)25-16)15-31-20-10-8-17(9-11-20)24(29)27-12-4-5-18(14-27)23(28)26-30/h2-3,6-11,13,18,30H,4-5,12,14-15H2,1H3,(H,26,28). The molecule has 0 aliphatic carbocycles. The largest absolute Gasteiger partial charge is 0.489 e. The van der Waals surface area contributed by atoms with Gasteiger partial charge in [-0.15, -0.1) is 0 Å². The van der Waals surface area contributed by atoms with Crippen LogP contribution < -0.4 is 10.2 Å². The lowest BCUT2D eigenvalue weighted by Gasteiger charge is -2.31. The number of aromatic nitrogens is 1. The monoisotopic (exact) mass is 419 g/mol. The number of carbonyl (C=O) groups excluding carboxylic acids is 2. The van der Waals surface area contributed by atoms with Gasteiger partial charge in [0, 0.05) is 35.3 Å². The molecule has 1 aliphatic heterocycles. The van der Waals surface area contributed by atoms with E-state index in [9.17, 15) is 9.59 Å². The molecule has 1 fully saturated rings. The van der Waals surface area contributed by atoms with Crippen LogP contribution in [0.3, 0.4) is 0 Å². The number of likely N-dealkylation sites (tertiary alicyclic amines) is 1. The number of carbonyl (C=O) groups is 2. The Balaban J connectivity index is 1.42. The molecule has 4 rings (SSSR count). The second kappa shape index (κ2) is 9.14. The van der Waals surface area contributed by atoms with Gasteiger partial charge in [-0.25, -0.2) is 5.48 Å². The molecule has 3 aromatic rings. The molecule has 1 unspecified atom stereocenters. The van der Waals surface area contributed by atoms with Crippen LogP contribution in [0.2, 0.25) is 0 Å². The summed E-state index contributed by atoms with van der Waals surface area (Å²) in [5, 5.41) is 9.91. The molecule has 0 saturated carbocycles. The number of ether oxygens (including phenoxy) is 1. The summed E-state index contributed by atoms with van der Waals surface area (Å²) in [5.74, 6) is -0.284. The number of benzene rings is 2. The summed E-state index contributed by atoms with van der Waals surface area (Å²) in [7, 11) is 0. The summed E-state index contributed by atoms with van der Waals surface area (Å²) in [6, 6.07) is 17.0. The number of hydrogen-bond donors (Lipinski definition) is 2. The Morgan fingerprint density at radius 2 is 1.97 bits per heavy atom. The predicted molar refractivity (Wildman–Crippen MR) is 116 cm³/mol. The van der Waals surface area contributed by atoms with Crippen molar-refractivity contribution in [1.82, 2.24) is 15.4 Å². The second-order valence-corrected chi connectivity index (χ2v) is 7.82. The van der Waals surface area contributed by atoms with Crippen LogP contribution in [0, 0.1) is 12.8 Å². The van der Waals surface area contributed by atoms with Gasteiger partial charge in [-0.1, -0.05) is 18.2 Å². The van der Waals surface area contributed by atoms with Crippen molar-refractivity contribution in [2.75, 3.05) is 13.1 Å². The molecule has 2 amide bonds. The lowest BCUT2D eigenvalue weighted by Crippen LogP contribution is -2.44. The molecule has 0 bridgehead atoms. The number of nitrogens with zero attached hydrogens (tertiary/aromatic N) is 2. The van der Waals surface area contributed by atoms with Crippen LogP contribution in [0.25, 0.3) is 10.9 Å². The van der Waals surface area contributed by atoms with Crippen LogP contribution in [0.15, 0.2) is 54.6 Å². The zero-order chi connectivity index (χ0) is 21.8. The maximum absolute atomic E-state index is 12.8. The smallest absolute Gasteiger partial charge is 0.253 e. The van der Waals surface area contributed by atoms with Crippen LogP contribution >= 0.6 is 0 Å². The van der Waals surface area contributed by atoms with Crippen molar-refractivity contribution < 1.29 is 19.5 Å². The molecule has 1 saturated heterocycles. The van der Waals surface area contributed by atoms with E-state index in [2.05, 4.69) is 4.98 Å². The molecular formula is C24H25N3O4. The highest BCUT2D eigenvalue weighted by Crippen LogP contribution is 2.23. The Bertz CT molecular complexity index is 1100. The zero-order valence-electron chi connectivity index (χ0n) is 17.4. The van der Waals surface area contributed by atoms with E-state index in [1.165, 1.54) is 0 Å². The summed E-state index contributed by atoms with van der Waals surface area (Å²) >= 11 is 0. The summed E-state index contributed by atoms with van der Waals surface area (Å²) in [6.07, 6.45) is 1.39. The van der Waals surface area contributed by atoms with Crippen LogP contribution in [0.5, 0.6) is 5.75 Å². The van der Waals surface area contributed by atoms with E-state index in [1.807, 2.05) is 37.3 Å².